The molecular formula is C22H30O4. The van der Waals surface area contributed by atoms with Gasteiger partial charge in [0.1, 0.15) is 11.5 Å². The minimum Gasteiger partial charge on any atom is -0.496 e. The topological polar surface area (TPSA) is 44.8 Å². The van der Waals surface area contributed by atoms with E-state index in [2.05, 4.69) is 12.1 Å². The maximum Gasteiger partial charge on any atom is 0.157 e. The first-order valence-electron chi connectivity index (χ1n) is 10.2. The van der Waals surface area contributed by atoms with Crippen LogP contribution in [-0.2, 0) is 27.1 Å². The third-order valence-electron chi connectivity index (χ3n) is 6.47. The van der Waals surface area contributed by atoms with Crippen molar-refractivity contribution >= 4 is 5.78 Å². The van der Waals surface area contributed by atoms with Gasteiger partial charge in [-0.05, 0) is 74.0 Å². The van der Waals surface area contributed by atoms with Gasteiger partial charge in [-0.1, -0.05) is 12.1 Å². The minimum atomic E-state index is -0.0233. The van der Waals surface area contributed by atoms with E-state index in [0.717, 1.165) is 57.3 Å². The second kappa shape index (κ2) is 8.10. The summed E-state index contributed by atoms with van der Waals surface area (Å²) in [5.41, 5.74) is 2.69. The first kappa shape index (κ1) is 18.0. The van der Waals surface area contributed by atoms with Gasteiger partial charge in [-0.25, -0.2) is 0 Å². The fourth-order valence-electron chi connectivity index (χ4n) is 5.14. The van der Waals surface area contributed by atoms with E-state index < -0.39 is 0 Å². The number of benzene rings is 1. The number of hydrogen-bond donors (Lipinski definition) is 0. The molecule has 26 heavy (non-hydrogen) atoms. The smallest absolute Gasteiger partial charge is 0.157 e. The number of methoxy groups -OCH3 is 1. The standard InChI is InChI=1S/C22H30O4/c1-24-21-8-4-6-15-12-18-16(13-19(15)21)14-20(23)17(18)7-5-11-26-22-9-2-3-10-25-22/h4,6,8,16-18,22H,2-3,5,7,9-14H2,1H3/t16-,17?,18-,22?/m0/s1. The van der Waals surface area contributed by atoms with Crippen LogP contribution in [0.15, 0.2) is 18.2 Å². The Morgan fingerprint density at radius 3 is 2.92 bits per heavy atom. The molecule has 1 aromatic rings. The highest BCUT2D eigenvalue weighted by Crippen LogP contribution is 2.46. The zero-order chi connectivity index (χ0) is 17.9. The fraction of sp³-hybridized carbons (Fsp3) is 0.682. The predicted molar refractivity (Wildman–Crippen MR) is 99.3 cm³/mol. The molecule has 0 N–H and O–H groups in total. The van der Waals surface area contributed by atoms with Crippen molar-refractivity contribution in [2.24, 2.45) is 17.8 Å². The zero-order valence-corrected chi connectivity index (χ0v) is 15.7. The van der Waals surface area contributed by atoms with E-state index in [4.69, 9.17) is 14.2 Å². The van der Waals surface area contributed by atoms with Crippen molar-refractivity contribution in [2.75, 3.05) is 20.3 Å². The summed E-state index contributed by atoms with van der Waals surface area (Å²) < 4.78 is 17.0. The molecule has 1 saturated carbocycles. The van der Waals surface area contributed by atoms with Gasteiger partial charge < -0.3 is 14.2 Å². The molecule has 142 valence electrons. The highest BCUT2D eigenvalue weighted by Gasteiger charge is 2.44. The number of ketones is 1. The van der Waals surface area contributed by atoms with E-state index in [1.54, 1.807) is 7.11 Å². The molecule has 0 radical (unpaired) electrons. The van der Waals surface area contributed by atoms with Crippen LogP contribution in [0.4, 0.5) is 0 Å². The van der Waals surface area contributed by atoms with Crippen LogP contribution >= 0.6 is 0 Å². The van der Waals surface area contributed by atoms with E-state index >= 15 is 0 Å². The number of rotatable bonds is 6. The van der Waals surface area contributed by atoms with Gasteiger partial charge in [0.25, 0.3) is 0 Å². The van der Waals surface area contributed by atoms with Crippen molar-refractivity contribution in [1.82, 2.24) is 0 Å². The predicted octanol–water partition coefficient (Wildman–Crippen LogP) is 3.94. The number of fused-ring (bicyclic) bond motifs is 2. The van der Waals surface area contributed by atoms with Crippen molar-refractivity contribution in [3.8, 4) is 5.75 Å². The average Bonchev–Trinajstić information content (AvgIpc) is 2.98. The van der Waals surface area contributed by atoms with Gasteiger partial charge in [0.15, 0.2) is 6.29 Å². The van der Waals surface area contributed by atoms with Gasteiger partial charge in [0, 0.05) is 25.6 Å². The summed E-state index contributed by atoms with van der Waals surface area (Å²) in [5, 5.41) is 0. The lowest BCUT2D eigenvalue weighted by Gasteiger charge is -2.31. The molecule has 4 nitrogen and oxygen atoms in total. The highest BCUT2D eigenvalue weighted by atomic mass is 16.7. The van der Waals surface area contributed by atoms with Crippen LogP contribution in [0.25, 0.3) is 0 Å². The summed E-state index contributed by atoms with van der Waals surface area (Å²) >= 11 is 0. The maximum atomic E-state index is 12.6. The Kier molecular flexibility index (Phi) is 5.60. The quantitative estimate of drug-likeness (QED) is 0.723. The van der Waals surface area contributed by atoms with Crippen LogP contribution < -0.4 is 4.74 Å². The largest absolute Gasteiger partial charge is 0.496 e. The molecule has 4 rings (SSSR count). The highest BCUT2D eigenvalue weighted by molar-refractivity contribution is 5.84. The SMILES string of the molecule is COc1cccc2c1C[C@H]1CC(=O)C(CCCOC3CCCCO3)[C@H]1C2. The van der Waals surface area contributed by atoms with Crippen molar-refractivity contribution < 1.29 is 19.0 Å². The molecular weight excluding hydrogens is 328 g/mol. The molecule has 2 aliphatic carbocycles. The number of carbonyl (C=O) groups is 1. The Morgan fingerprint density at radius 2 is 2.12 bits per heavy atom. The Balaban J connectivity index is 1.33. The molecule has 3 aliphatic rings. The van der Waals surface area contributed by atoms with Crippen molar-refractivity contribution in [1.29, 1.82) is 0 Å². The fourth-order valence-corrected chi connectivity index (χ4v) is 5.14. The molecule has 2 fully saturated rings. The molecule has 1 heterocycles. The molecule has 1 saturated heterocycles. The lowest BCUT2D eigenvalue weighted by Crippen LogP contribution is -2.27. The van der Waals surface area contributed by atoms with E-state index in [0.29, 0.717) is 24.2 Å². The summed E-state index contributed by atoms with van der Waals surface area (Å²) in [4.78, 5) is 12.6. The molecule has 0 bridgehead atoms. The summed E-state index contributed by atoms with van der Waals surface area (Å²) in [6.45, 7) is 1.52. The first-order chi connectivity index (χ1) is 12.8. The maximum absolute atomic E-state index is 12.6. The van der Waals surface area contributed by atoms with Crippen LogP contribution in [0.3, 0.4) is 0 Å². The van der Waals surface area contributed by atoms with E-state index in [-0.39, 0.29) is 12.2 Å². The van der Waals surface area contributed by atoms with Gasteiger partial charge in [-0.3, -0.25) is 4.79 Å². The minimum absolute atomic E-state index is 0.0233. The second-order valence-corrected chi connectivity index (χ2v) is 8.02. The number of carbonyl (C=O) groups excluding carboxylic acids is 1. The van der Waals surface area contributed by atoms with Crippen molar-refractivity contribution in [3.05, 3.63) is 29.3 Å². The zero-order valence-electron chi connectivity index (χ0n) is 15.7. The molecule has 0 amide bonds. The normalized spacial score (nSPS) is 30.7. The molecule has 2 unspecified atom stereocenters. The molecule has 1 aromatic carbocycles. The molecule has 0 spiro atoms. The Hall–Kier alpha value is -1.39. The number of ether oxygens (including phenoxy) is 3. The molecule has 4 atom stereocenters. The van der Waals surface area contributed by atoms with Gasteiger partial charge in [-0.15, -0.1) is 0 Å². The Labute approximate surface area is 156 Å². The third kappa shape index (κ3) is 3.67. The van der Waals surface area contributed by atoms with Crippen LogP contribution in [0, 0.1) is 17.8 Å². The van der Waals surface area contributed by atoms with Crippen molar-refractivity contribution in [2.45, 2.75) is 57.7 Å². The Morgan fingerprint density at radius 1 is 1.19 bits per heavy atom. The monoisotopic (exact) mass is 358 g/mol. The number of Topliss-reactive ketones (excluding diaryl/α,β-unsaturated/α-hetero) is 1. The van der Waals surface area contributed by atoms with Crippen LogP contribution in [0.1, 0.15) is 49.7 Å². The lowest BCUT2D eigenvalue weighted by molar-refractivity contribution is -0.163. The second-order valence-electron chi connectivity index (χ2n) is 8.02. The van der Waals surface area contributed by atoms with Gasteiger partial charge in [0.05, 0.1) is 7.11 Å². The van der Waals surface area contributed by atoms with E-state index in [9.17, 15) is 4.79 Å². The van der Waals surface area contributed by atoms with Crippen LogP contribution in [0.5, 0.6) is 5.75 Å². The van der Waals surface area contributed by atoms with E-state index in [1.807, 2.05) is 6.07 Å². The average molecular weight is 358 g/mol. The summed E-state index contributed by atoms with van der Waals surface area (Å²) in [6, 6.07) is 6.32. The van der Waals surface area contributed by atoms with Crippen LogP contribution in [-0.4, -0.2) is 32.4 Å². The van der Waals surface area contributed by atoms with E-state index in [1.165, 1.54) is 17.5 Å². The van der Waals surface area contributed by atoms with Crippen molar-refractivity contribution in [3.63, 3.8) is 0 Å². The van der Waals surface area contributed by atoms with Crippen LogP contribution in [0.2, 0.25) is 0 Å². The molecule has 1 aliphatic heterocycles. The molecule has 0 aromatic heterocycles. The van der Waals surface area contributed by atoms with Gasteiger partial charge in [0.2, 0.25) is 0 Å². The lowest BCUT2D eigenvalue weighted by atomic mass is 9.74. The third-order valence-corrected chi connectivity index (χ3v) is 6.47. The summed E-state index contributed by atoms with van der Waals surface area (Å²) in [5.74, 6) is 2.63. The van der Waals surface area contributed by atoms with Gasteiger partial charge in [-0.2, -0.15) is 0 Å². The Bertz CT molecular complexity index is 635. The molecule has 4 heteroatoms. The summed E-state index contributed by atoms with van der Waals surface area (Å²) in [6.07, 6.45) is 7.95. The first-order valence-corrected chi connectivity index (χ1v) is 10.2. The summed E-state index contributed by atoms with van der Waals surface area (Å²) in [7, 11) is 1.74. The van der Waals surface area contributed by atoms with Gasteiger partial charge >= 0.3 is 0 Å². The number of hydrogen-bond acceptors (Lipinski definition) is 4.